The van der Waals surface area contributed by atoms with Gasteiger partial charge in [-0.1, -0.05) is 20.8 Å². The molecule has 0 radical (unpaired) electrons. The van der Waals surface area contributed by atoms with Crippen molar-refractivity contribution in [3.05, 3.63) is 17.5 Å². The molecular formula is C12H18N4S. The molecule has 0 aliphatic rings. The zero-order chi connectivity index (χ0) is 12.4. The maximum absolute atomic E-state index is 6.05. The molecule has 2 N–H and O–H groups in total. The molecule has 0 aliphatic carbocycles. The molecule has 0 saturated heterocycles. The number of nitrogen functional groups attached to an aromatic ring is 1. The maximum atomic E-state index is 6.05. The van der Waals surface area contributed by atoms with E-state index in [1.165, 1.54) is 0 Å². The maximum Gasteiger partial charge on any atom is 0.123 e. The Hall–Kier alpha value is -1.36. The molecule has 0 spiro atoms. The molecule has 2 aromatic rings. The van der Waals surface area contributed by atoms with E-state index in [-0.39, 0.29) is 0 Å². The Labute approximate surface area is 106 Å². The Morgan fingerprint density at radius 2 is 2.24 bits per heavy atom. The summed E-state index contributed by atoms with van der Waals surface area (Å²) < 4.78 is 2.11. The number of hydrogen-bond acceptors (Lipinski definition) is 4. The van der Waals surface area contributed by atoms with E-state index in [2.05, 4.69) is 35.3 Å². The second kappa shape index (κ2) is 4.87. The van der Waals surface area contributed by atoms with Crippen molar-refractivity contribution < 1.29 is 0 Å². The van der Waals surface area contributed by atoms with E-state index in [9.17, 15) is 0 Å². The monoisotopic (exact) mass is 250 g/mol. The van der Waals surface area contributed by atoms with Gasteiger partial charge in [0, 0.05) is 12.5 Å². The topological polar surface area (TPSA) is 56.7 Å². The molecule has 5 heteroatoms. The van der Waals surface area contributed by atoms with Crippen LogP contribution in [0.15, 0.2) is 12.5 Å². The fourth-order valence-electron chi connectivity index (χ4n) is 1.72. The van der Waals surface area contributed by atoms with Gasteiger partial charge in [-0.3, -0.25) is 0 Å². The van der Waals surface area contributed by atoms with Crippen LogP contribution in [-0.2, 0) is 6.54 Å². The quantitative estimate of drug-likeness (QED) is 0.907. The highest BCUT2D eigenvalue weighted by Gasteiger charge is 2.15. The fourth-order valence-corrected chi connectivity index (χ4v) is 2.56. The number of imidazole rings is 1. The summed E-state index contributed by atoms with van der Waals surface area (Å²) in [6, 6.07) is 0. The standard InChI is InChI=1S/C12H18N4S/c1-4-5-16-7-14-6-9(16)10-11(13)17-12(15-10)8(2)3/h6-8H,4-5,13H2,1-3H3. The van der Waals surface area contributed by atoms with Gasteiger partial charge in [-0.15, -0.1) is 11.3 Å². The minimum absolute atomic E-state index is 0.415. The lowest BCUT2D eigenvalue weighted by atomic mass is 10.2. The van der Waals surface area contributed by atoms with Crippen LogP contribution in [0, 0.1) is 0 Å². The first-order valence-electron chi connectivity index (χ1n) is 5.90. The van der Waals surface area contributed by atoms with Crippen molar-refractivity contribution in [1.82, 2.24) is 14.5 Å². The third kappa shape index (κ3) is 2.34. The largest absolute Gasteiger partial charge is 0.389 e. The normalized spacial score (nSPS) is 11.3. The SMILES string of the molecule is CCCn1cncc1-c1nc(C(C)C)sc1N. The van der Waals surface area contributed by atoms with E-state index < -0.39 is 0 Å². The number of aryl methyl sites for hydroxylation is 1. The van der Waals surface area contributed by atoms with Gasteiger partial charge in [0.2, 0.25) is 0 Å². The molecule has 0 atom stereocenters. The molecule has 2 rings (SSSR count). The van der Waals surface area contributed by atoms with Gasteiger partial charge in [0.05, 0.1) is 23.2 Å². The summed E-state index contributed by atoms with van der Waals surface area (Å²) in [5.41, 5.74) is 7.95. The van der Waals surface area contributed by atoms with Crippen LogP contribution in [0.1, 0.15) is 38.1 Å². The second-order valence-electron chi connectivity index (χ2n) is 4.39. The molecule has 0 unspecified atom stereocenters. The third-order valence-corrected chi connectivity index (χ3v) is 3.77. The molecule has 0 saturated carbocycles. The average Bonchev–Trinajstić information content (AvgIpc) is 2.85. The summed E-state index contributed by atoms with van der Waals surface area (Å²) in [7, 11) is 0. The van der Waals surface area contributed by atoms with Gasteiger partial charge in [0.1, 0.15) is 10.7 Å². The molecule has 2 heterocycles. The first-order chi connectivity index (χ1) is 8.13. The second-order valence-corrected chi connectivity index (χ2v) is 5.45. The summed E-state index contributed by atoms with van der Waals surface area (Å²) in [5, 5.41) is 1.87. The van der Waals surface area contributed by atoms with Crippen LogP contribution in [0.25, 0.3) is 11.4 Å². The van der Waals surface area contributed by atoms with Crippen molar-refractivity contribution in [3.8, 4) is 11.4 Å². The molecule has 2 aromatic heterocycles. The summed E-state index contributed by atoms with van der Waals surface area (Å²) in [4.78, 5) is 8.81. The van der Waals surface area contributed by atoms with Crippen LogP contribution in [0.2, 0.25) is 0 Å². The Morgan fingerprint density at radius 3 is 2.82 bits per heavy atom. The van der Waals surface area contributed by atoms with E-state index >= 15 is 0 Å². The van der Waals surface area contributed by atoms with E-state index in [1.807, 2.05) is 12.5 Å². The Balaban J connectivity index is 2.41. The Morgan fingerprint density at radius 1 is 1.47 bits per heavy atom. The lowest BCUT2D eigenvalue weighted by Crippen LogP contribution is -1.99. The molecule has 0 amide bonds. The van der Waals surface area contributed by atoms with E-state index in [4.69, 9.17) is 5.73 Å². The first-order valence-corrected chi connectivity index (χ1v) is 6.71. The summed E-state index contributed by atoms with van der Waals surface area (Å²) >= 11 is 1.57. The number of hydrogen-bond donors (Lipinski definition) is 1. The van der Waals surface area contributed by atoms with Gasteiger partial charge in [-0.25, -0.2) is 9.97 Å². The third-order valence-electron chi connectivity index (χ3n) is 2.58. The van der Waals surface area contributed by atoms with Crippen molar-refractivity contribution in [2.75, 3.05) is 5.73 Å². The van der Waals surface area contributed by atoms with Crippen molar-refractivity contribution in [1.29, 1.82) is 0 Å². The summed E-state index contributed by atoms with van der Waals surface area (Å²) in [6.45, 7) is 7.35. The van der Waals surface area contributed by atoms with Crippen LogP contribution < -0.4 is 5.73 Å². The molecule has 0 aromatic carbocycles. The molecule has 17 heavy (non-hydrogen) atoms. The number of nitrogens with zero attached hydrogens (tertiary/aromatic N) is 3. The zero-order valence-corrected chi connectivity index (χ0v) is 11.3. The van der Waals surface area contributed by atoms with E-state index in [0.717, 1.165) is 34.4 Å². The lowest BCUT2D eigenvalue weighted by Gasteiger charge is -2.04. The number of thiazole rings is 1. The van der Waals surface area contributed by atoms with Crippen molar-refractivity contribution in [3.63, 3.8) is 0 Å². The van der Waals surface area contributed by atoms with Crippen LogP contribution in [-0.4, -0.2) is 14.5 Å². The van der Waals surface area contributed by atoms with Crippen LogP contribution >= 0.6 is 11.3 Å². The predicted octanol–water partition coefficient (Wildman–Crippen LogP) is 3.12. The Bertz CT molecular complexity index is 498. The number of nitrogens with two attached hydrogens (primary N) is 1. The van der Waals surface area contributed by atoms with Crippen LogP contribution in [0.3, 0.4) is 0 Å². The van der Waals surface area contributed by atoms with Gasteiger partial charge >= 0.3 is 0 Å². The number of aromatic nitrogens is 3. The molecule has 0 fully saturated rings. The summed E-state index contributed by atoms with van der Waals surface area (Å²) in [6.07, 6.45) is 4.75. The zero-order valence-electron chi connectivity index (χ0n) is 10.5. The van der Waals surface area contributed by atoms with Crippen LogP contribution in [0.5, 0.6) is 0 Å². The highest BCUT2D eigenvalue weighted by atomic mass is 32.1. The predicted molar refractivity (Wildman–Crippen MR) is 72.1 cm³/mol. The van der Waals surface area contributed by atoms with Crippen LogP contribution in [0.4, 0.5) is 5.00 Å². The smallest absolute Gasteiger partial charge is 0.123 e. The number of rotatable bonds is 4. The van der Waals surface area contributed by atoms with Gasteiger partial charge in [0.25, 0.3) is 0 Å². The highest BCUT2D eigenvalue weighted by Crippen LogP contribution is 2.33. The molecular weight excluding hydrogens is 232 g/mol. The summed E-state index contributed by atoms with van der Waals surface area (Å²) in [5.74, 6) is 0.415. The van der Waals surface area contributed by atoms with Gasteiger partial charge in [-0.05, 0) is 6.42 Å². The van der Waals surface area contributed by atoms with E-state index in [1.54, 1.807) is 11.3 Å². The highest BCUT2D eigenvalue weighted by molar-refractivity contribution is 7.16. The average molecular weight is 250 g/mol. The molecule has 92 valence electrons. The first kappa shape index (κ1) is 12.1. The van der Waals surface area contributed by atoms with Gasteiger partial charge in [0.15, 0.2) is 0 Å². The number of anilines is 1. The van der Waals surface area contributed by atoms with Crippen molar-refractivity contribution >= 4 is 16.3 Å². The van der Waals surface area contributed by atoms with Crippen molar-refractivity contribution in [2.24, 2.45) is 0 Å². The fraction of sp³-hybridized carbons (Fsp3) is 0.500. The Kier molecular flexibility index (Phi) is 3.47. The molecule has 4 nitrogen and oxygen atoms in total. The molecule has 0 bridgehead atoms. The van der Waals surface area contributed by atoms with E-state index in [0.29, 0.717) is 5.92 Å². The van der Waals surface area contributed by atoms with Crippen molar-refractivity contribution in [2.45, 2.75) is 39.7 Å². The lowest BCUT2D eigenvalue weighted by molar-refractivity contribution is 0.683. The molecule has 0 aliphatic heterocycles. The van der Waals surface area contributed by atoms with Gasteiger partial charge in [-0.2, -0.15) is 0 Å². The minimum atomic E-state index is 0.415. The minimum Gasteiger partial charge on any atom is -0.389 e. The van der Waals surface area contributed by atoms with Gasteiger partial charge < -0.3 is 10.3 Å².